The second-order valence-corrected chi connectivity index (χ2v) is 9.47. The minimum absolute atomic E-state index is 0.108. The molecule has 0 unspecified atom stereocenters. The molecule has 0 fully saturated rings. The topological polar surface area (TPSA) is 71.3 Å². The number of carbonyl (C=O) groups is 1. The fourth-order valence-corrected chi connectivity index (χ4v) is 3.96. The minimum atomic E-state index is -0.567. The zero-order valence-electron chi connectivity index (χ0n) is 20.0. The Morgan fingerprint density at radius 3 is 2.18 bits per heavy atom. The highest BCUT2D eigenvalue weighted by atomic mass is 35.5. The molecular formula is C30H21Cl3N2O3. The number of anilines is 1. The van der Waals surface area contributed by atoms with Gasteiger partial charge in [0.1, 0.15) is 36.4 Å². The van der Waals surface area contributed by atoms with Crippen LogP contribution in [0.25, 0.3) is 6.08 Å². The van der Waals surface area contributed by atoms with Gasteiger partial charge in [0.15, 0.2) is 0 Å². The van der Waals surface area contributed by atoms with Gasteiger partial charge in [0.2, 0.25) is 0 Å². The van der Waals surface area contributed by atoms with E-state index in [1.807, 2.05) is 30.3 Å². The predicted octanol–water partition coefficient (Wildman–Crippen LogP) is 8.35. The summed E-state index contributed by atoms with van der Waals surface area (Å²) in [6, 6.07) is 28.5. The Kier molecular flexibility index (Phi) is 9.29. The molecule has 0 heterocycles. The highest BCUT2D eigenvalue weighted by Crippen LogP contribution is 2.27. The van der Waals surface area contributed by atoms with Crippen molar-refractivity contribution in [3.63, 3.8) is 0 Å². The molecule has 190 valence electrons. The predicted molar refractivity (Wildman–Crippen MR) is 152 cm³/mol. The summed E-state index contributed by atoms with van der Waals surface area (Å²) < 4.78 is 11.7. The fourth-order valence-electron chi connectivity index (χ4n) is 3.44. The third-order valence-corrected chi connectivity index (χ3v) is 6.07. The number of carbonyl (C=O) groups excluding carboxylic acids is 1. The van der Waals surface area contributed by atoms with Gasteiger partial charge >= 0.3 is 0 Å². The Balaban J connectivity index is 1.42. The van der Waals surface area contributed by atoms with Gasteiger partial charge in [-0.1, -0.05) is 59.1 Å². The number of rotatable bonds is 9. The van der Waals surface area contributed by atoms with Gasteiger partial charge in [0.05, 0.1) is 0 Å². The zero-order valence-corrected chi connectivity index (χ0v) is 22.2. The van der Waals surface area contributed by atoms with Gasteiger partial charge < -0.3 is 14.8 Å². The van der Waals surface area contributed by atoms with Crippen molar-refractivity contribution in [1.29, 1.82) is 5.26 Å². The summed E-state index contributed by atoms with van der Waals surface area (Å²) in [4.78, 5) is 12.9. The first kappa shape index (κ1) is 27.1. The lowest BCUT2D eigenvalue weighted by Gasteiger charge is -2.11. The molecule has 0 spiro atoms. The summed E-state index contributed by atoms with van der Waals surface area (Å²) >= 11 is 18.1. The van der Waals surface area contributed by atoms with E-state index in [-0.39, 0.29) is 12.2 Å². The smallest absolute Gasteiger partial charge is 0.266 e. The van der Waals surface area contributed by atoms with Crippen LogP contribution in [0.1, 0.15) is 16.7 Å². The molecule has 4 aromatic carbocycles. The van der Waals surface area contributed by atoms with E-state index in [4.69, 9.17) is 44.3 Å². The van der Waals surface area contributed by atoms with Crippen molar-refractivity contribution in [2.24, 2.45) is 0 Å². The van der Waals surface area contributed by atoms with Crippen LogP contribution in [0.15, 0.2) is 96.6 Å². The second-order valence-electron chi connectivity index (χ2n) is 8.16. The first-order chi connectivity index (χ1) is 18.4. The minimum Gasteiger partial charge on any atom is -0.489 e. The average Bonchev–Trinajstić information content (AvgIpc) is 2.91. The number of hydrogen-bond donors (Lipinski definition) is 1. The van der Waals surface area contributed by atoms with E-state index in [1.165, 1.54) is 6.08 Å². The van der Waals surface area contributed by atoms with Crippen LogP contribution in [0.2, 0.25) is 15.1 Å². The maximum absolute atomic E-state index is 12.9. The Hall–Kier alpha value is -3.95. The molecule has 0 aliphatic heterocycles. The van der Waals surface area contributed by atoms with Crippen LogP contribution >= 0.6 is 34.8 Å². The van der Waals surface area contributed by atoms with Crippen molar-refractivity contribution in [2.45, 2.75) is 13.2 Å². The number of hydrogen-bond acceptors (Lipinski definition) is 4. The summed E-state index contributed by atoms with van der Waals surface area (Å²) in [6.45, 7) is 0.634. The van der Waals surface area contributed by atoms with Crippen molar-refractivity contribution in [2.75, 3.05) is 5.32 Å². The molecule has 1 N–H and O–H groups in total. The Labute approximate surface area is 235 Å². The van der Waals surface area contributed by atoms with Gasteiger partial charge in [-0.15, -0.1) is 0 Å². The molecule has 0 saturated carbocycles. The average molecular weight is 564 g/mol. The summed E-state index contributed by atoms with van der Waals surface area (Å²) in [5.74, 6) is 0.537. The zero-order chi connectivity index (χ0) is 26.9. The summed E-state index contributed by atoms with van der Waals surface area (Å²) in [5.41, 5.74) is 2.76. The fraction of sp³-hybridized carbons (Fsp3) is 0.0667. The quantitative estimate of drug-likeness (QED) is 0.164. The molecule has 0 aromatic heterocycles. The number of ether oxygens (including phenoxy) is 2. The summed E-state index contributed by atoms with van der Waals surface area (Å²) in [7, 11) is 0. The number of halogens is 3. The van der Waals surface area contributed by atoms with Gasteiger partial charge in [-0.2, -0.15) is 5.26 Å². The van der Waals surface area contributed by atoms with Crippen molar-refractivity contribution in [1.82, 2.24) is 0 Å². The van der Waals surface area contributed by atoms with E-state index in [0.717, 1.165) is 11.1 Å². The first-order valence-corrected chi connectivity index (χ1v) is 12.6. The lowest BCUT2D eigenvalue weighted by molar-refractivity contribution is -0.112. The molecule has 0 aliphatic rings. The van der Waals surface area contributed by atoms with Gasteiger partial charge in [-0.05, 0) is 83.9 Å². The van der Waals surface area contributed by atoms with E-state index in [2.05, 4.69) is 5.32 Å². The van der Waals surface area contributed by atoms with Crippen LogP contribution in [0.4, 0.5) is 5.69 Å². The lowest BCUT2D eigenvalue weighted by Crippen LogP contribution is -2.13. The standard InChI is InChI=1S/C30H21Cl3N2O3/c31-24-6-4-20(5-7-24)18-37-28-11-9-27(10-12-28)35-30(36)23(17-34)15-22-16-26(33)8-13-29(22)38-19-21-2-1-3-25(32)14-21/h1-16H,18-19H2,(H,35,36)/b23-15+. The molecule has 1 amide bonds. The molecule has 0 atom stereocenters. The SMILES string of the molecule is N#C/C(=C\c1cc(Cl)ccc1OCc1cccc(Cl)c1)C(=O)Nc1ccc(OCc2ccc(Cl)cc2)cc1. The molecule has 8 heteroatoms. The number of nitrogens with one attached hydrogen (secondary N) is 1. The van der Waals surface area contributed by atoms with Crippen molar-refractivity contribution < 1.29 is 14.3 Å². The van der Waals surface area contributed by atoms with Crippen LogP contribution < -0.4 is 14.8 Å². The van der Waals surface area contributed by atoms with E-state index < -0.39 is 5.91 Å². The highest BCUT2D eigenvalue weighted by Gasteiger charge is 2.13. The molecule has 0 radical (unpaired) electrons. The number of nitriles is 1. The van der Waals surface area contributed by atoms with Gasteiger partial charge in [-0.3, -0.25) is 4.79 Å². The van der Waals surface area contributed by atoms with Crippen molar-refractivity contribution in [3.05, 3.63) is 128 Å². The van der Waals surface area contributed by atoms with E-state index in [0.29, 0.717) is 44.4 Å². The molecule has 0 bridgehead atoms. The van der Waals surface area contributed by atoms with Crippen LogP contribution in [0.5, 0.6) is 11.5 Å². The van der Waals surface area contributed by atoms with E-state index >= 15 is 0 Å². The highest BCUT2D eigenvalue weighted by molar-refractivity contribution is 6.31. The normalized spacial score (nSPS) is 10.9. The number of amides is 1. The van der Waals surface area contributed by atoms with Crippen LogP contribution in [0, 0.1) is 11.3 Å². The third kappa shape index (κ3) is 7.77. The maximum atomic E-state index is 12.9. The molecule has 5 nitrogen and oxygen atoms in total. The largest absolute Gasteiger partial charge is 0.489 e. The molecule has 0 saturated heterocycles. The summed E-state index contributed by atoms with van der Waals surface area (Å²) in [6.07, 6.45) is 1.44. The van der Waals surface area contributed by atoms with Gasteiger partial charge in [0.25, 0.3) is 5.91 Å². The third-order valence-electron chi connectivity index (χ3n) is 5.35. The van der Waals surface area contributed by atoms with Gasteiger partial charge in [-0.25, -0.2) is 0 Å². The molecule has 0 aliphatic carbocycles. The second kappa shape index (κ2) is 13.0. The molecule has 38 heavy (non-hydrogen) atoms. The van der Waals surface area contributed by atoms with E-state index in [9.17, 15) is 10.1 Å². The van der Waals surface area contributed by atoms with Crippen LogP contribution in [-0.2, 0) is 18.0 Å². The molecule has 4 aromatic rings. The van der Waals surface area contributed by atoms with Crippen LogP contribution in [-0.4, -0.2) is 5.91 Å². The van der Waals surface area contributed by atoms with E-state index in [1.54, 1.807) is 66.7 Å². The first-order valence-electron chi connectivity index (χ1n) is 11.5. The summed E-state index contributed by atoms with van der Waals surface area (Å²) in [5, 5.41) is 14.1. The lowest BCUT2D eigenvalue weighted by atomic mass is 10.1. The van der Waals surface area contributed by atoms with Crippen LogP contribution in [0.3, 0.4) is 0 Å². The molecular weight excluding hydrogens is 543 g/mol. The number of nitrogens with zero attached hydrogens (tertiary/aromatic N) is 1. The van der Waals surface area contributed by atoms with Crippen molar-refractivity contribution >= 4 is 52.5 Å². The molecule has 4 rings (SSSR count). The Bertz CT molecular complexity index is 1490. The monoisotopic (exact) mass is 562 g/mol. The Morgan fingerprint density at radius 1 is 0.789 bits per heavy atom. The Morgan fingerprint density at radius 2 is 1.47 bits per heavy atom. The number of benzene rings is 4. The van der Waals surface area contributed by atoms with Crippen molar-refractivity contribution in [3.8, 4) is 17.6 Å². The maximum Gasteiger partial charge on any atom is 0.266 e. The van der Waals surface area contributed by atoms with Gasteiger partial charge in [0, 0.05) is 26.3 Å².